The summed E-state index contributed by atoms with van der Waals surface area (Å²) < 4.78 is 0. The van der Waals surface area contributed by atoms with Crippen LogP contribution in [0, 0.1) is 17.0 Å². The number of carbonyl (C=O) groups is 1. The molecular formula is C17H20N6O3. The minimum Gasteiger partial charge on any atom is -0.356 e. The van der Waals surface area contributed by atoms with Crippen LogP contribution in [0.15, 0.2) is 30.3 Å². The minimum atomic E-state index is -0.505. The number of primary amides is 1. The molecule has 1 aliphatic rings. The summed E-state index contributed by atoms with van der Waals surface area (Å²) in [5.41, 5.74) is 6.57. The topological polar surface area (TPSA) is 127 Å². The summed E-state index contributed by atoms with van der Waals surface area (Å²) in [7, 11) is 0. The van der Waals surface area contributed by atoms with Crippen molar-refractivity contribution in [2.75, 3.05) is 18.0 Å². The molecule has 1 fully saturated rings. The van der Waals surface area contributed by atoms with Gasteiger partial charge >= 0.3 is 6.03 Å². The van der Waals surface area contributed by atoms with Crippen LogP contribution in [0.25, 0.3) is 11.4 Å². The normalized spacial score (nSPS) is 14.9. The molecule has 0 bridgehead atoms. The van der Waals surface area contributed by atoms with Crippen molar-refractivity contribution in [3.05, 3.63) is 46.1 Å². The van der Waals surface area contributed by atoms with E-state index in [-0.39, 0.29) is 11.7 Å². The summed E-state index contributed by atoms with van der Waals surface area (Å²) in [5, 5.41) is 13.7. The molecule has 1 saturated heterocycles. The molecule has 0 unspecified atom stereocenters. The van der Waals surface area contributed by atoms with E-state index in [9.17, 15) is 14.9 Å². The summed E-state index contributed by atoms with van der Waals surface area (Å²) in [5.74, 6) is 1.23. The number of aryl methyl sites for hydroxylation is 1. The average Bonchev–Trinajstić information content (AvgIpc) is 2.61. The lowest BCUT2D eigenvalue weighted by Gasteiger charge is -2.33. The van der Waals surface area contributed by atoms with Gasteiger partial charge < -0.3 is 16.0 Å². The predicted octanol–water partition coefficient (Wildman–Crippen LogP) is 2.00. The van der Waals surface area contributed by atoms with Gasteiger partial charge in [-0.15, -0.1) is 0 Å². The predicted molar refractivity (Wildman–Crippen MR) is 96.8 cm³/mol. The Kier molecular flexibility index (Phi) is 4.97. The van der Waals surface area contributed by atoms with Crippen LogP contribution in [0.3, 0.4) is 0 Å². The number of carbonyl (C=O) groups excluding carboxylic acids is 1. The van der Waals surface area contributed by atoms with Gasteiger partial charge in [-0.25, -0.2) is 14.8 Å². The van der Waals surface area contributed by atoms with Gasteiger partial charge in [-0.2, -0.15) is 0 Å². The molecular weight excluding hydrogens is 336 g/mol. The molecule has 0 spiro atoms. The Morgan fingerprint density at radius 2 is 2.04 bits per heavy atom. The molecule has 3 N–H and O–H groups in total. The van der Waals surface area contributed by atoms with Gasteiger partial charge in [-0.1, -0.05) is 12.1 Å². The molecule has 0 saturated carbocycles. The Morgan fingerprint density at radius 3 is 2.69 bits per heavy atom. The first-order chi connectivity index (χ1) is 12.4. The Bertz CT molecular complexity index is 833. The third kappa shape index (κ3) is 4.05. The number of anilines is 1. The Balaban J connectivity index is 1.82. The second-order valence-electron chi connectivity index (χ2n) is 6.27. The number of hydrogen-bond donors (Lipinski definition) is 2. The molecule has 2 amide bonds. The Morgan fingerprint density at radius 1 is 1.31 bits per heavy atom. The molecule has 0 atom stereocenters. The molecule has 1 aromatic carbocycles. The molecule has 1 aromatic heterocycles. The zero-order valence-corrected chi connectivity index (χ0v) is 14.4. The van der Waals surface area contributed by atoms with E-state index < -0.39 is 11.0 Å². The van der Waals surface area contributed by atoms with Crippen molar-refractivity contribution in [2.45, 2.75) is 25.8 Å². The number of nitrogens with one attached hydrogen (secondary N) is 1. The van der Waals surface area contributed by atoms with Crippen molar-refractivity contribution in [3.8, 4) is 11.4 Å². The van der Waals surface area contributed by atoms with Crippen LogP contribution in [0.4, 0.5) is 16.3 Å². The second-order valence-corrected chi connectivity index (χ2v) is 6.27. The van der Waals surface area contributed by atoms with Gasteiger partial charge in [0.1, 0.15) is 5.82 Å². The number of amides is 2. The summed E-state index contributed by atoms with van der Waals surface area (Å²) >= 11 is 0. The summed E-state index contributed by atoms with van der Waals surface area (Å²) in [6.45, 7) is 3.33. The van der Waals surface area contributed by atoms with Crippen molar-refractivity contribution in [1.82, 2.24) is 15.3 Å². The van der Waals surface area contributed by atoms with Gasteiger partial charge in [0, 0.05) is 48.6 Å². The molecule has 0 aliphatic carbocycles. The van der Waals surface area contributed by atoms with Crippen molar-refractivity contribution in [3.63, 3.8) is 0 Å². The number of hydrogen-bond acceptors (Lipinski definition) is 6. The van der Waals surface area contributed by atoms with E-state index >= 15 is 0 Å². The number of nitrogens with two attached hydrogens (primary N) is 1. The summed E-state index contributed by atoms with van der Waals surface area (Å²) in [6.07, 6.45) is 1.55. The molecule has 3 rings (SSSR count). The summed E-state index contributed by atoms with van der Waals surface area (Å²) in [4.78, 5) is 32.7. The number of piperidine rings is 1. The first kappa shape index (κ1) is 17.6. The highest BCUT2D eigenvalue weighted by molar-refractivity contribution is 5.72. The van der Waals surface area contributed by atoms with Crippen LogP contribution < -0.4 is 16.0 Å². The van der Waals surface area contributed by atoms with Gasteiger partial charge in [0.05, 0.1) is 4.92 Å². The van der Waals surface area contributed by atoms with Crippen molar-refractivity contribution < 1.29 is 9.72 Å². The largest absolute Gasteiger partial charge is 0.356 e. The number of urea groups is 1. The fourth-order valence-corrected chi connectivity index (χ4v) is 3.06. The molecule has 26 heavy (non-hydrogen) atoms. The van der Waals surface area contributed by atoms with Gasteiger partial charge in [0.15, 0.2) is 5.82 Å². The van der Waals surface area contributed by atoms with E-state index in [0.717, 1.165) is 37.4 Å². The number of nitrogens with zero attached hydrogens (tertiary/aromatic N) is 4. The van der Waals surface area contributed by atoms with Crippen LogP contribution in [0.1, 0.15) is 18.5 Å². The molecule has 1 aliphatic heterocycles. The SMILES string of the molecule is Cc1cc(N2CCC(NC(N)=O)CC2)nc(-c2cccc([N+](=O)[O-])c2)n1. The molecule has 9 heteroatoms. The van der Waals surface area contributed by atoms with E-state index in [1.54, 1.807) is 12.1 Å². The molecule has 9 nitrogen and oxygen atoms in total. The van der Waals surface area contributed by atoms with Gasteiger partial charge in [0.25, 0.3) is 5.69 Å². The number of aromatic nitrogens is 2. The number of nitro groups is 1. The lowest BCUT2D eigenvalue weighted by Crippen LogP contribution is -2.46. The van der Waals surface area contributed by atoms with Crippen LogP contribution >= 0.6 is 0 Å². The molecule has 2 aromatic rings. The highest BCUT2D eigenvalue weighted by atomic mass is 16.6. The van der Waals surface area contributed by atoms with Crippen LogP contribution in [-0.2, 0) is 0 Å². The summed E-state index contributed by atoms with van der Waals surface area (Å²) in [6, 6.07) is 7.76. The van der Waals surface area contributed by atoms with Crippen molar-refractivity contribution in [1.29, 1.82) is 0 Å². The first-order valence-corrected chi connectivity index (χ1v) is 8.34. The smallest absolute Gasteiger partial charge is 0.312 e. The maximum atomic E-state index is 11.0. The second kappa shape index (κ2) is 7.34. The van der Waals surface area contributed by atoms with Gasteiger partial charge in [0.2, 0.25) is 0 Å². The van der Waals surface area contributed by atoms with Crippen LogP contribution in [0.5, 0.6) is 0 Å². The third-order valence-electron chi connectivity index (χ3n) is 4.32. The van der Waals surface area contributed by atoms with Crippen molar-refractivity contribution >= 4 is 17.5 Å². The maximum absolute atomic E-state index is 11.0. The fourth-order valence-electron chi connectivity index (χ4n) is 3.06. The monoisotopic (exact) mass is 356 g/mol. The van der Waals surface area contributed by atoms with E-state index in [0.29, 0.717) is 11.4 Å². The van der Waals surface area contributed by atoms with Crippen molar-refractivity contribution in [2.24, 2.45) is 5.73 Å². The van der Waals surface area contributed by atoms with E-state index in [1.807, 2.05) is 13.0 Å². The third-order valence-corrected chi connectivity index (χ3v) is 4.32. The Labute approximate surface area is 150 Å². The minimum absolute atomic E-state index is 0.00694. The highest BCUT2D eigenvalue weighted by Crippen LogP contribution is 2.25. The van der Waals surface area contributed by atoms with E-state index in [4.69, 9.17) is 5.73 Å². The number of rotatable bonds is 4. The van der Waals surface area contributed by atoms with Gasteiger partial charge in [-0.3, -0.25) is 10.1 Å². The lowest BCUT2D eigenvalue weighted by molar-refractivity contribution is -0.384. The number of benzene rings is 1. The van der Waals surface area contributed by atoms with Crippen LogP contribution in [0.2, 0.25) is 0 Å². The quantitative estimate of drug-likeness (QED) is 0.637. The Hall–Kier alpha value is -3.23. The number of non-ortho nitro benzene ring substituents is 1. The molecule has 0 radical (unpaired) electrons. The van der Waals surface area contributed by atoms with E-state index in [2.05, 4.69) is 20.2 Å². The maximum Gasteiger partial charge on any atom is 0.312 e. The highest BCUT2D eigenvalue weighted by Gasteiger charge is 2.22. The first-order valence-electron chi connectivity index (χ1n) is 8.34. The standard InChI is InChI=1S/C17H20N6O3/c1-11-9-15(22-7-5-13(6-8-22)20-17(18)24)21-16(19-11)12-3-2-4-14(10-12)23(25)26/h2-4,9-10,13H,5-8H2,1H3,(H3,18,20,24). The average molecular weight is 356 g/mol. The molecule has 136 valence electrons. The fraction of sp³-hybridized carbons (Fsp3) is 0.353. The zero-order valence-electron chi connectivity index (χ0n) is 14.4. The van der Waals surface area contributed by atoms with Crippen LogP contribution in [-0.4, -0.2) is 40.1 Å². The lowest BCUT2D eigenvalue weighted by atomic mass is 10.1. The molecule has 2 heterocycles. The van der Waals surface area contributed by atoms with E-state index in [1.165, 1.54) is 12.1 Å². The number of nitro benzene ring substituents is 1. The zero-order chi connectivity index (χ0) is 18.7. The van der Waals surface area contributed by atoms with Gasteiger partial charge in [-0.05, 0) is 19.8 Å².